The molecule has 0 aromatic carbocycles. The van der Waals surface area contributed by atoms with Crippen molar-refractivity contribution in [3.63, 3.8) is 0 Å². The lowest BCUT2D eigenvalue weighted by atomic mass is 10.1. The van der Waals surface area contributed by atoms with E-state index in [4.69, 9.17) is 4.74 Å². The fourth-order valence-electron chi connectivity index (χ4n) is 2.47. The molecule has 122 valence electrons. The maximum absolute atomic E-state index is 12.3. The third-order valence-electron chi connectivity index (χ3n) is 3.73. The summed E-state index contributed by atoms with van der Waals surface area (Å²) >= 11 is 0. The van der Waals surface area contributed by atoms with Crippen LogP contribution in [-0.2, 0) is 11.2 Å². The Morgan fingerprint density at radius 3 is 2.70 bits per heavy atom. The van der Waals surface area contributed by atoms with E-state index in [0.717, 1.165) is 41.9 Å². The van der Waals surface area contributed by atoms with Crippen LogP contribution in [0.4, 0.5) is 4.79 Å². The van der Waals surface area contributed by atoms with Gasteiger partial charge in [0.1, 0.15) is 5.60 Å². The normalized spacial score (nSPS) is 14.8. The third-order valence-corrected chi connectivity index (χ3v) is 3.73. The van der Waals surface area contributed by atoms with E-state index in [0.29, 0.717) is 5.92 Å². The van der Waals surface area contributed by atoms with E-state index in [1.807, 2.05) is 39.0 Å². The van der Waals surface area contributed by atoms with Crippen LogP contribution in [0, 0.1) is 0 Å². The molecule has 0 aliphatic heterocycles. The number of carbonyl (C=O) groups excluding carboxylic acids is 1. The van der Waals surface area contributed by atoms with Gasteiger partial charge in [-0.1, -0.05) is 13.0 Å². The van der Waals surface area contributed by atoms with Crippen molar-refractivity contribution in [3.8, 4) is 11.3 Å². The first-order chi connectivity index (χ1) is 10.9. The predicted molar refractivity (Wildman–Crippen MR) is 88.4 cm³/mol. The van der Waals surface area contributed by atoms with E-state index in [-0.39, 0.29) is 0 Å². The summed E-state index contributed by atoms with van der Waals surface area (Å²) < 4.78 is 6.73. The van der Waals surface area contributed by atoms with Gasteiger partial charge in [-0.3, -0.25) is 4.98 Å². The van der Waals surface area contributed by atoms with Crippen molar-refractivity contribution < 1.29 is 9.53 Å². The Morgan fingerprint density at radius 1 is 1.35 bits per heavy atom. The molecule has 0 radical (unpaired) electrons. The molecule has 0 amide bonds. The van der Waals surface area contributed by atoms with Crippen molar-refractivity contribution in [2.24, 2.45) is 0 Å². The third kappa shape index (κ3) is 3.60. The second-order valence-corrected chi connectivity index (χ2v) is 6.99. The second kappa shape index (κ2) is 5.80. The number of aryl methyl sites for hydroxylation is 1. The molecule has 23 heavy (non-hydrogen) atoms. The van der Waals surface area contributed by atoms with Crippen LogP contribution in [0.5, 0.6) is 0 Å². The Bertz CT molecular complexity index is 724. The lowest BCUT2D eigenvalue weighted by molar-refractivity contribution is 0.0514. The largest absolute Gasteiger partial charge is 0.442 e. The van der Waals surface area contributed by atoms with Crippen LogP contribution in [0.25, 0.3) is 11.3 Å². The molecule has 1 aliphatic carbocycles. The summed E-state index contributed by atoms with van der Waals surface area (Å²) in [5.74, 6) is 0.431. The van der Waals surface area contributed by atoms with E-state index in [9.17, 15) is 4.79 Å². The van der Waals surface area contributed by atoms with Crippen molar-refractivity contribution in [3.05, 3.63) is 35.8 Å². The van der Waals surface area contributed by atoms with Gasteiger partial charge < -0.3 is 4.74 Å². The summed E-state index contributed by atoms with van der Waals surface area (Å²) in [6.07, 6.45) is 4.42. The minimum Gasteiger partial charge on any atom is -0.442 e. The first-order valence-corrected chi connectivity index (χ1v) is 8.16. The average molecular weight is 313 g/mol. The SMILES string of the molecule is CCc1cccc(-c2cn(C(=O)OC(C)(C)C)nc2C2CC2)n1. The van der Waals surface area contributed by atoms with Gasteiger partial charge in [0, 0.05) is 23.4 Å². The van der Waals surface area contributed by atoms with Gasteiger partial charge >= 0.3 is 6.09 Å². The molecule has 5 heteroatoms. The molecule has 0 N–H and O–H groups in total. The Morgan fingerprint density at radius 2 is 2.09 bits per heavy atom. The molecule has 2 aromatic heterocycles. The predicted octanol–water partition coefficient (Wildman–Crippen LogP) is 4.17. The number of hydrogen-bond acceptors (Lipinski definition) is 4. The minimum atomic E-state index is -0.538. The van der Waals surface area contributed by atoms with Gasteiger partial charge in [-0.2, -0.15) is 9.78 Å². The van der Waals surface area contributed by atoms with Gasteiger partial charge in [0.05, 0.1) is 11.4 Å². The van der Waals surface area contributed by atoms with Crippen LogP contribution in [-0.4, -0.2) is 26.5 Å². The van der Waals surface area contributed by atoms with Crippen LogP contribution < -0.4 is 0 Å². The van der Waals surface area contributed by atoms with Crippen LogP contribution in [0.2, 0.25) is 0 Å². The van der Waals surface area contributed by atoms with E-state index in [1.165, 1.54) is 4.68 Å². The van der Waals surface area contributed by atoms with Gasteiger partial charge in [0.15, 0.2) is 0 Å². The number of carbonyl (C=O) groups is 1. The summed E-state index contributed by atoms with van der Waals surface area (Å²) in [7, 11) is 0. The van der Waals surface area contributed by atoms with E-state index in [1.54, 1.807) is 6.20 Å². The zero-order valence-corrected chi connectivity index (χ0v) is 14.2. The molecule has 0 unspecified atom stereocenters. The lowest BCUT2D eigenvalue weighted by Crippen LogP contribution is -2.27. The highest BCUT2D eigenvalue weighted by Crippen LogP contribution is 2.43. The van der Waals surface area contributed by atoms with E-state index < -0.39 is 11.7 Å². The molecule has 1 saturated carbocycles. The van der Waals surface area contributed by atoms with Crippen molar-refractivity contribution in [2.45, 2.75) is 58.5 Å². The topological polar surface area (TPSA) is 57.0 Å². The maximum atomic E-state index is 12.3. The van der Waals surface area contributed by atoms with Gasteiger partial charge in [-0.25, -0.2) is 4.79 Å². The zero-order valence-electron chi connectivity index (χ0n) is 14.2. The van der Waals surface area contributed by atoms with Crippen LogP contribution in [0.3, 0.4) is 0 Å². The Balaban J connectivity index is 1.97. The van der Waals surface area contributed by atoms with E-state index >= 15 is 0 Å². The summed E-state index contributed by atoms with van der Waals surface area (Å²) in [5, 5.41) is 4.49. The number of aromatic nitrogens is 3. The standard InChI is InChI=1S/C18H23N3O2/c1-5-13-7-6-8-15(19-13)14-11-21(17(22)23-18(2,3)4)20-16(14)12-9-10-12/h6-8,11-12H,5,9-10H2,1-4H3. The zero-order chi connectivity index (χ0) is 16.6. The number of rotatable bonds is 3. The molecule has 0 bridgehead atoms. The fraction of sp³-hybridized carbons (Fsp3) is 0.500. The summed E-state index contributed by atoms with van der Waals surface area (Å²) in [4.78, 5) is 17.0. The van der Waals surface area contributed by atoms with Crippen LogP contribution >= 0.6 is 0 Å². The minimum absolute atomic E-state index is 0.431. The van der Waals surface area contributed by atoms with Crippen molar-refractivity contribution in [1.82, 2.24) is 14.8 Å². The number of hydrogen-bond donors (Lipinski definition) is 0. The summed E-state index contributed by atoms with van der Waals surface area (Å²) in [6.45, 7) is 7.63. The maximum Gasteiger partial charge on any atom is 0.435 e. The fourth-order valence-corrected chi connectivity index (χ4v) is 2.47. The van der Waals surface area contributed by atoms with Crippen molar-refractivity contribution in [2.75, 3.05) is 0 Å². The number of ether oxygens (including phenoxy) is 1. The smallest absolute Gasteiger partial charge is 0.435 e. The molecular weight excluding hydrogens is 290 g/mol. The molecule has 0 spiro atoms. The van der Waals surface area contributed by atoms with Crippen LogP contribution in [0.15, 0.2) is 24.4 Å². The number of nitrogens with zero attached hydrogens (tertiary/aromatic N) is 3. The Labute approximate surface area is 136 Å². The molecule has 2 heterocycles. The van der Waals surface area contributed by atoms with Gasteiger partial charge in [0.2, 0.25) is 0 Å². The molecular formula is C18H23N3O2. The Kier molecular flexibility index (Phi) is 3.96. The molecule has 0 saturated heterocycles. The molecule has 2 aromatic rings. The highest BCUT2D eigenvalue weighted by molar-refractivity contribution is 5.73. The van der Waals surface area contributed by atoms with Gasteiger partial charge in [-0.15, -0.1) is 0 Å². The first-order valence-electron chi connectivity index (χ1n) is 8.16. The monoisotopic (exact) mass is 313 g/mol. The van der Waals surface area contributed by atoms with Crippen LogP contribution in [0.1, 0.15) is 57.8 Å². The molecule has 0 atom stereocenters. The highest BCUT2D eigenvalue weighted by atomic mass is 16.6. The first kappa shape index (κ1) is 15.7. The lowest BCUT2D eigenvalue weighted by Gasteiger charge is -2.18. The molecule has 5 nitrogen and oxygen atoms in total. The quantitative estimate of drug-likeness (QED) is 0.853. The van der Waals surface area contributed by atoms with Gasteiger partial charge in [-0.05, 0) is 52.2 Å². The Hall–Kier alpha value is -2.17. The second-order valence-electron chi connectivity index (χ2n) is 6.99. The molecule has 1 fully saturated rings. The average Bonchev–Trinajstić information content (AvgIpc) is 3.24. The van der Waals surface area contributed by atoms with Crippen molar-refractivity contribution in [1.29, 1.82) is 0 Å². The number of pyridine rings is 1. The van der Waals surface area contributed by atoms with E-state index in [2.05, 4.69) is 17.0 Å². The summed E-state index contributed by atoms with van der Waals surface area (Å²) in [5.41, 5.74) is 3.27. The molecule has 1 aliphatic rings. The van der Waals surface area contributed by atoms with Crippen molar-refractivity contribution >= 4 is 6.09 Å². The highest BCUT2D eigenvalue weighted by Gasteiger charge is 2.31. The molecule has 3 rings (SSSR count). The summed E-state index contributed by atoms with van der Waals surface area (Å²) in [6, 6.07) is 5.99. The van der Waals surface area contributed by atoms with Gasteiger partial charge in [0.25, 0.3) is 0 Å².